The first kappa shape index (κ1) is 9.97. The average Bonchev–Trinajstić information content (AvgIpc) is 2.38. The molecule has 1 N–H and O–H groups in total. The maximum absolute atomic E-state index is 10.2. The SMILES string of the molecule is COc1ccc2ccc3ccccc3c2c1O. The fourth-order valence-corrected chi connectivity index (χ4v) is 2.22. The van der Waals surface area contributed by atoms with Crippen LogP contribution >= 0.6 is 0 Å². The highest BCUT2D eigenvalue weighted by Crippen LogP contribution is 2.38. The van der Waals surface area contributed by atoms with Crippen molar-refractivity contribution in [2.45, 2.75) is 0 Å². The van der Waals surface area contributed by atoms with Crippen molar-refractivity contribution in [2.24, 2.45) is 0 Å². The predicted molar refractivity (Wildman–Crippen MR) is 69.7 cm³/mol. The molecule has 17 heavy (non-hydrogen) atoms. The first-order valence-corrected chi connectivity index (χ1v) is 5.48. The van der Waals surface area contributed by atoms with Crippen molar-refractivity contribution in [1.82, 2.24) is 0 Å². The van der Waals surface area contributed by atoms with Gasteiger partial charge in [0.05, 0.1) is 7.11 Å². The molecule has 0 atom stereocenters. The summed E-state index contributed by atoms with van der Waals surface area (Å²) in [6.45, 7) is 0. The molecule has 84 valence electrons. The number of hydrogen-bond donors (Lipinski definition) is 1. The highest BCUT2D eigenvalue weighted by Gasteiger charge is 2.09. The van der Waals surface area contributed by atoms with Gasteiger partial charge in [0.25, 0.3) is 0 Å². The molecule has 3 aromatic carbocycles. The molecule has 3 rings (SSSR count). The summed E-state index contributed by atoms with van der Waals surface area (Å²) in [6.07, 6.45) is 0. The first-order valence-electron chi connectivity index (χ1n) is 5.48. The molecule has 0 aromatic heterocycles. The molecule has 0 radical (unpaired) electrons. The van der Waals surface area contributed by atoms with Crippen molar-refractivity contribution >= 4 is 21.5 Å². The molecule has 2 heteroatoms. The van der Waals surface area contributed by atoms with E-state index in [0.29, 0.717) is 5.75 Å². The normalized spacial score (nSPS) is 10.9. The summed E-state index contributed by atoms with van der Waals surface area (Å²) in [4.78, 5) is 0. The van der Waals surface area contributed by atoms with Crippen LogP contribution < -0.4 is 4.74 Å². The number of phenols is 1. The van der Waals surface area contributed by atoms with Gasteiger partial charge in [-0.1, -0.05) is 42.5 Å². The van der Waals surface area contributed by atoms with E-state index in [9.17, 15) is 5.11 Å². The Labute approximate surface area is 99.1 Å². The van der Waals surface area contributed by atoms with Gasteiger partial charge >= 0.3 is 0 Å². The Hall–Kier alpha value is -2.22. The van der Waals surface area contributed by atoms with Crippen molar-refractivity contribution in [1.29, 1.82) is 0 Å². The van der Waals surface area contributed by atoms with E-state index >= 15 is 0 Å². The summed E-state index contributed by atoms with van der Waals surface area (Å²) >= 11 is 0. The fraction of sp³-hybridized carbons (Fsp3) is 0.0667. The minimum Gasteiger partial charge on any atom is -0.504 e. The molecule has 0 aliphatic heterocycles. The number of benzene rings is 3. The minimum absolute atomic E-state index is 0.210. The molecule has 0 bridgehead atoms. The van der Waals surface area contributed by atoms with E-state index in [4.69, 9.17) is 4.74 Å². The van der Waals surface area contributed by atoms with Gasteiger partial charge in [-0.15, -0.1) is 0 Å². The summed E-state index contributed by atoms with van der Waals surface area (Å²) in [5, 5.41) is 14.2. The zero-order valence-corrected chi connectivity index (χ0v) is 9.47. The Morgan fingerprint density at radius 1 is 0.882 bits per heavy atom. The Kier molecular flexibility index (Phi) is 2.15. The van der Waals surface area contributed by atoms with E-state index in [1.54, 1.807) is 13.2 Å². The smallest absolute Gasteiger partial charge is 0.166 e. The Bertz CT molecular complexity index is 702. The molecule has 0 fully saturated rings. The average molecular weight is 224 g/mol. The number of rotatable bonds is 1. The van der Waals surface area contributed by atoms with Crippen LogP contribution in [0, 0.1) is 0 Å². The molecule has 0 amide bonds. The van der Waals surface area contributed by atoms with Crippen LogP contribution in [-0.4, -0.2) is 12.2 Å². The maximum atomic E-state index is 10.2. The second kappa shape index (κ2) is 3.67. The van der Waals surface area contributed by atoms with Crippen LogP contribution in [-0.2, 0) is 0 Å². The van der Waals surface area contributed by atoms with Gasteiger partial charge in [-0.05, 0) is 22.2 Å². The van der Waals surface area contributed by atoms with Gasteiger partial charge in [-0.2, -0.15) is 0 Å². The number of hydrogen-bond acceptors (Lipinski definition) is 2. The number of fused-ring (bicyclic) bond motifs is 3. The van der Waals surface area contributed by atoms with Gasteiger partial charge in [0, 0.05) is 5.39 Å². The summed E-state index contributed by atoms with van der Waals surface area (Å²) in [5.74, 6) is 0.718. The lowest BCUT2D eigenvalue weighted by Crippen LogP contribution is -1.85. The monoisotopic (exact) mass is 224 g/mol. The molecular weight excluding hydrogens is 212 g/mol. The van der Waals surface area contributed by atoms with Gasteiger partial charge in [-0.3, -0.25) is 0 Å². The summed E-state index contributed by atoms with van der Waals surface area (Å²) in [6, 6.07) is 15.8. The molecule has 0 unspecified atom stereocenters. The molecule has 2 nitrogen and oxygen atoms in total. The molecule has 0 aliphatic rings. The Morgan fingerprint density at radius 2 is 1.59 bits per heavy atom. The molecular formula is C15H12O2. The fourth-order valence-electron chi connectivity index (χ4n) is 2.22. The zero-order chi connectivity index (χ0) is 11.8. The van der Waals surface area contributed by atoms with Crippen molar-refractivity contribution in [3.63, 3.8) is 0 Å². The highest BCUT2D eigenvalue weighted by molar-refractivity contribution is 6.11. The molecule has 3 aromatic rings. The topological polar surface area (TPSA) is 29.5 Å². The second-order valence-corrected chi connectivity index (χ2v) is 4.00. The second-order valence-electron chi connectivity index (χ2n) is 4.00. The van der Waals surface area contributed by atoms with Crippen LogP contribution in [0.4, 0.5) is 0 Å². The summed E-state index contributed by atoms with van der Waals surface area (Å²) in [7, 11) is 1.56. The minimum atomic E-state index is 0.210. The molecule has 0 heterocycles. The number of ether oxygens (including phenoxy) is 1. The van der Waals surface area contributed by atoms with E-state index < -0.39 is 0 Å². The van der Waals surface area contributed by atoms with E-state index in [1.807, 2.05) is 36.4 Å². The molecule has 0 aliphatic carbocycles. The van der Waals surface area contributed by atoms with E-state index in [-0.39, 0.29) is 5.75 Å². The van der Waals surface area contributed by atoms with Crippen molar-refractivity contribution in [3.05, 3.63) is 48.5 Å². The Morgan fingerprint density at radius 3 is 2.41 bits per heavy atom. The molecule has 0 saturated carbocycles. The van der Waals surface area contributed by atoms with E-state index in [0.717, 1.165) is 21.5 Å². The van der Waals surface area contributed by atoms with Crippen LogP contribution in [0.5, 0.6) is 11.5 Å². The van der Waals surface area contributed by atoms with Gasteiger partial charge in [0.1, 0.15) is 0 Å². The van der Waals surface area contributed by atoms with Gasteiger partial charge < -0.3 is 9.84 Å². The maximum Gasteiger partial charge on any atom is 0.166 e. The van der Waals surface area contributed by atoms with Gasteiger partial charge in [0.15, 0.2) is 11.5 Å². The number of phenolic OH excluding ortho intramolecular Hbond substituents is 1. The lowest BCUT2D eigenvalue weighted by atomic mass is 10.0. The largest absolute Gasteiger partial charge is 0.504 e. The Balaban J connectivity index is 2.55. The summed E-state index contributed by atoms with van der Waals surface area (Å²) < 4.78 is 5.15. The van der Waals surface area contributed by atoms with Gasteiger partial charge in [0.2, 0.25) is 0 Å². The van der Waals surface area contributed by atoms with Crippen molar-refractivity contribution in [3.8, 4) is 11.5 Å². The van der Waals surface area contributed by atoms with E-state index in [1.165, 1.54) is 0 Å². The predicted octanol–water partition coefficient (Wildman–Crippen LogP) is 3.71. The third-order valence-electron chi connectivity index (χ3n) is 3.07. The highest BCUT2D eigenvalue weighted by atomic mass is 16.5. The van der Waals surface area contributed by atoms with E-state index in [2.05, 4.69) is 6.07 Å². The van der Waals surface area contributed by atoms with Crippen LogP contribution in [0.1, 0.15) is 0 Å². The lowest BCUT2D eigenvalue weighted by molar-refractivity contribution is 0.376. The third kappa shape index (κ3) is 1.41. The van der Waals surface area contributed by atoms with Crippen molar-refractivity contribution < 1.29 is 9.84 Å². The van der Waals surface area contributed by atoms with Crippen molar-refractivity contribution in [2.75, 3.05) is 7.11 Å². The van der Waals surface area contributed by atoms with Crippen LogP contribution in [0.2, 0.25) is 0 Å². The quantitative estimate of drug-likeness (QED) is 0.638. The van der Waals surface area contributed by atoms with Crippen LogP contribution in [0.3, 0.4) is 0 Å². The standard InChI is InChI=1S/C15H12O2/c1-17-13-9-8-11-7-6-10-4-2-3-5-12(10)14(11)15(13)16/h2-9,16H,1H3. The third-order valence-corrected chi connectivity index (χ3v) is 3.07. The molecule has 0 spiro atoms. The number of methoxy groups -OCH3 is 1. The van der Waals surface area contributed by atoms with Crippen LogP contribution in [0.25, 0.3) is 21.5 Å². The summed E-state index contributed by atoms with van der Waals surface area (Å²) in [5.41, 5.74) is 0. The molecule has 0 saturated heterocycles. The number of aromatic hydroxyl groups is 1. The zero-order valence-electron chi connectivity index (χ0n) is 9.47. The first-order chi connectivity index (χ1) is 8.31. The lowest BCUT2D eigenvalue weighted by Gasteiger charge is -2.09. The van der Waals surface area contributed by atoms with Gasteiger partial charge in [-0.25, -0.2) is 0 Å². The van der Waals surface area contributed by atoms with Crippen LogP contribution in [0.15, 0.2) is 48.5 Å².